The fourth-order valence-electron chi connectivity index (χ4n) is 5.01. The first-order valence-corrected chi connectivity index (χ1v) is 11.5. The van der Waals surface area contributed by atoms with E-state index in [0.29, 0.717) is 0 Å². The molecular weight excluding hydrogens is 406 g/mol. The number of ketones is 1. The molecule has 1 amide bonds. The van der Waals surface area contributed by atoms with Gasteiger partial charge in [0.1, 0.15) is 5.92 Å². The van der Waals surface area contributed by atoms with Gasteiger partial charge in [0.2, 0.25) is 5.91 Å². The number of benzene rings is 4. The molecule has 1 fully saturated rings. The van der Waals surface area contributed by atoms with E-state index in [2.05, 4.69) is 36.4 Å². The number of amides is 1. The third-order valence-electron chi connectivity index (χ3n) is 6.85. The third kappa shape index (κ3) is 3.84. The minimum absolute atomic E-state index is 0.0153. The smallest absolute Gasteiger partial charge is 0.236 e. The molecule has 0 unspecified atom stereocenters. The maximum absolute atomic E-state index is 13.6. The Balaban J connectivity index is 1.48. The normalized spacial score (nSPS) is 18.7. The van der Waals surface area contributed by atoms with E-state index < -0.39 is 5.92 Å². The van der Waals surface area contributed by atoms with Crippen molar-refractivity contribution >= 4 is 22.5 Å². The Kier molecular flexibility index (Phi) is 5.55. The summed E-state index contributed by atoms with van der Waals surface area (Å²) in [6.45, 7) is 4.09. The molecule has 1 heterocycles. The third-order valence-corrected chi connectivity index (χ3v) is 6.85. The highest BCUT2D eigenvalue weighted by atomic mass is 16.2. The molecule has 0 N–H and O–H groups in total. The Bertz CT molecular complexity index is 1300. The summed E-state index contributed by atoms with van der Waals surface area (Å²) in [7, 11) is 0. The summed E-state index contributed by atoms with van der Waals surface area (Å²) in [6.07, 6.45) is 0.258. The van der Waals surface area contributed by atoms with Gasteiger partial charge >= 0.3 is 0 Å². The summed E-state index contributed by atoms with van der Waals surface area (Å²) in [5, 5.41) is 2.18. The number of rotatable bonds is 6. The highest BCUT2D eigenvalue weighted by molar-refractivity contribution is 6.08. The van der Waals surface area contributed by atoms with E-state index in [1.807, 2.05) is 79.4 Å². The van der Waals surface area contributed by atoms with Crippen LogP contribution in [-0.4, -0.2) is 16.6 Å². The highest BCUT2D eigenvalue weighted by Crippen LogP contribution is 2.46. The van der Waals surface area contributed by atoms with Gasteiger partial charge in [-0.25, -0.2) is 0 Å². The molecule has 3 atom stereocenters. The van der Waals surface area contributed by atoms with Crippen LogP contribution in [0.4, 0.5) is 0 Å². The molecule has 1 aliphatic heterocycles. The van der Waals surface area contributed by atoms with E-state index in [9.17, 15) is 9.59 Å². The topological polar surface area (TPSA) is 37.4 Å². The quantitative estimate of drug-likeness (QED) is 0.267. The second-order valence-electron chi connectivity index (χ2n) is 8.95. The first kappa shape index (κ1) is 21.1. The van der Waals surface area contributed by atoms with Crippen molar-refractivity contribution in [1.82, 2.24) is 4.90 Å². The van der Waals surface area contributed by atoms with Crippen LogP contribution in [0.1, 0.15) is 41.3 Å². The number of fused-ring (bicyclic) bond motifs is 1. The minimum Gasteiger partial charge on any atom is -0.327 e. The largest absolute Gasteiger partial charge is 0.327 e. The number of likely N-dealkylation sites (tertiary alicyclic amines) is 1. The van der Waals surface area contributed by atoms with Gasteiger partial charge in [-0.05, 0) is 41.3 Å². The van der Waals surface area contributed by atoms with Crippen molar-refractivity contribution in [2.75, 3.05) is 0 Å². The van der Waals surface area contributed by atoms with Gasteiger partial charge in [0.25, 0.3) is 0 Å². The number of Topliss-reactive ketones (excluding diaryl/α,β-unsaturated/α-hetero) is 1. The van der Waals surface area contributed by atoms with Crippen LogP contribution in [0.25, 0.3) is 10.8 Å². The van der Waals surface area contributed by atoms with E-state index in [-0.39, 0.29) is 30.2 Å². The van der Waals surface area contributed by atoms with Crippen LogP contribution in [0.3, 0.4) is 0 Å². The van der Waals surface area contributed by atoms with Crippen molar-refractivity contribution in [2.24, 2.45) is 5.92 Å². The summed E-state index contributed by atoms with van der Waals surface area (Å²) < 4.78 is 0. The van der Waals surface area contributed by atoms with Crippen LogP contribution >= 0.6 is 0 Å². The van der Waals surface area contributed by atoms with Crippen molar-refractivity contribution in [1.29, 1.82) is 0 Å². The minimum atomic E-state index is -0.655. The van der Waals surface area contributed by atoms with E-state index in [1.54, 1.807) is 0 Å². The molecule has 0 aliphatic carbocycles. The Morgan fingerprint density at radius 3 is 2.27 bits per heavy atom. The zero-order valence-electron chi connectivity index (χ0n) is 18.9. The predicted octanol–water partition coefficient (Wildman–Crippen LogP) is 6.22. The van der Waals surface area contributed by atoms with Crippen LogP contribution in [0.5, 0.6) is 0 Å². The van der Waals surface area contributed by atoms with Crippen LogP contribution in [0, 0.1) is 12.8 Å². The van der Waals surface area contributed by atoms with Crippen molar-refractivity contribution in [3.05, 3.63) is 119 Å². The van der Waals surface area contributed by atoms with Gasteiger partial charge in [-0.3, -0.25) is 9.59 Å². The van der Waals surface area contributed by atoms with Crippen LogP contribution in [0.15, 0.2) is 97.1 Å². The molecule has 0 saturated carbocycles. The lowest BCUT2D eigenvalue weighted by atomic mass is 9.76. The molecule has 0 spiro atoms. The lowest BCUT2D eigenvalue weighted by Gasteiger charge is -2.50. The molecule has 33 heavy (non-hydrogen) atoms. The summed E-state index contributed by atoms with van der Waals surface area (Å²) in [5.41, 5.74) is 4.22. The molecule has 1 aliphatic rings. The predicted molar refractivity (Wildman–Crippen MR) is 132 cm³/mol. The van der Waals surface area contributed by atoms with E-state index >= 15 is 0 Å². The van der Waals surface area contributed by atoms with Crippen LogP contribution in [-0.2, 0) is 16.0 Å². The molecule has 0 bridgehead atoms. The number of nitrogens with zero attached hydrogens (tertiary/aromatic N) is 1. The van der Waals surface area contributed by atoms with Gasteiger partial charge in [-0.2, -0.15) is 0 Å². The zero-order chi connectivity index (χ0) is 22.9. The van der Waals surface area contributed by atoms with Crippen molar-refractivity contribution in [2.45, 2.75) is 32.4 Å². The fourth-order valence-corrected chi connectivity index (χ4v) is 5.01. The average Bonchev–Trinajstić information content (AvgIpc) is 2.84. The molecule has 164 valence electrons. The number of carbonyl (C=O) groups excluding carboxylic acids is 2. The van der Waals surface area contributed by atoms with Gasteiger partial charge in [0, 0.05) is 6.42 Å². The fraction of sp³-hybridized carbons (Fsp3) is 0.200. The number of hydrogen-bond acceptors (Lipinski definition) is 2. The lowest BCUT2D eigenvalue weighted by molar-refractivity contribution is -0.165. The maximum atomic E-state index is 13.6. The second kappa shape index (κ2) is 8.67. The highest BCUT2D eigenvalue weighted by Gasteiger charge is 2.53. The molecule has 3 heteroatoms. The monoisotopic (exact) mass is 433 g/mol. The molecule has 4 aromatic carbocycles. The molecule has 3 nitrogen and oxygen atoms in total. The van der Waals surface area contributed by atoms with Crippen molar-refractivity contribution in [3.63, 3.8) is 0 Å². The molecule has 0 radical (unpaired) electrons. The summed E-state index contributed by atoms with van der Waals surface area (Å²) >= 11 is 0. The van der Waals surface area contributed by atoms with Crippen LogP contribution < -0.4 is 0 Å². The molecule has 4 aromatic rings. The molecule has 5 rings (SSSR count). The van der Waals surface area contributed by atoms with Gasteiger partial charge in [0.15, 0.2) is 5.78 Å². The van der Waals surface area contributed by atoms with Crippen LogP contribution in [0.2, 0.25) is 0 Å². The SMILES string of the molecule is Cc1ccc([C@@H]2[C@@H](C(=O)Cc3cccc4ccccc34)C(=O)N2[C@H](C)c2ccccc2)cc1. The zero-order valence-corrected chi connectivity index (χ0v) is 18.9. The second-order valence-corrected chi connectivity index (χ2v) is 8.95. The Morgan fingerprint density at radius 2 is 1.52 bits per heavy atom. The first-order valence-electron chi connectivity index (χ1n) is 11.5. The Labute approximate surface area is 194 Å². The first-order chi connectivity index (χ1) is 16.0. The molecule has 0 aromatic heterocycles. The Morgan fingerprint density at radius 1 is 0.848 bits per heavy atom. The van der Waals surface area contributed by atoms with Gasteiger partial charge in [0.05, 0.1) is 12.1 Å². The maximum Gasteiger partial charge on any atom is 0.236 e. The summed E-state index contributed by atoms with van der Waals surface area (Å²) in [6, 6.07) is 32.0. The Hall–Kier alpha value is -3.72. The number of hydrogen-bond donors (Lipinski definition) is 0. The van der Waals surface area contributed by atoms with E-state index in [4.69, 9.17) is 0 Å². The summed E-state index contributed by atoms with van der Waals surface area (Å²) in [4.78, 5) is 28.9. The summed E-state index contributed by atoms with van der Waals surface area (Å²) in [5.74, 6) is -0.751. The number of carbonyl (C=O) groups is 2. The average molecular weight is 434 g/mol. The molecular formula is C30H27NO2. The lowest BCUT2D eigenvalue weighted by Crippen LogP contribution is -2.58. The number of aryl methyl sites for hydroxylation is 1. The standard InChI is InChI=1S/C30H27NO2/c1-20-15-17-24(18-16-20)29-28(30(33)31(29)21(2)22-9-4-3-5-10-22)27(32)19-25-13-8-12-23-11-6-7-14-26(23)25/h3-18,21,28-29H,19H2,1-2H3/t21-,28-,29-/m1/s1. The number of β-lactam (4-membered cyclic amide) rings is 1. The molecule has 1 saturated heterocycles. The van der Waals surface area contributed by atoms with E-state index in [0.717, 1.165) is 33.0 Å². The van der Waals surface area contributed by atoms with Gasteiger partial charge < -0.3 is 4.90 Å². The van der Waals surface area contributed by atoms with Crippen molar-refractivity contribution < 1.29 is 9.59 Å². The van der Waals surface area contributed by atoms with Gasteiger partial charge in [-0.15, -0.1) is 0 Å². The van der Waals surface area contributed by atoms with Gasteiger partial charge in [-0.1, -0.05) is 103 Å². The van der Waals surface area contributed by atoms with E-state index in [1.165, 1.54) is 0 Å². The van der Waals surface area contributed by atoms with Crippen molar-refractivity contribution in [3.8, 4) is 0 Å².